The minimum Gasteiger partial charge on any atom is -0.494 e. The van der Waals surface area contributed by atoms with Gasteiger partial charge in [0.1, 0.15) is 5.75 Å². The van der Waals surface area contributed by atoms with Crippen molar-refractivity contribution >= 4 is 17.7 Å². The van der Waals surface area contributed by atoms with E-state index >= 15 is 0 Å². The van der Waals surface area contributed by atoms with Crippen LogP contribution in [0.2, 0.25) is 0 Å². The number of rotatable bonds is 10. The second-order valence-electron chi connectivity index (χ2n) is 5.82. The van der Waals surface area contributed by atoms with Gasteiger partial charge in [0.2, 0.25) is 0 Å². The molecule has 0 radical (unpaired) electrons. The number of aromatic nitrogens is 3. The molecule has 0 aliphatic rings. The van der Waals surface area contributed by atoms with Gasteiger partial charge in [-0.2, -0.15) is 0 Å². The lowest BCUT2D eigenvalue weighted by atomic mass is 10.3. The van der Waals surface area contributed by atoms with Crippen LogP contribution in [0.4, 0.5) is 0 Å². The van der Waals surface area contributed by atoms with Crippen molar-refractivity contribution < 1.29 is 14.3 Å². The summed E-state index contributed by atoms with van der Waals surface area (Å²) in [4.78, 5) is 24.8. The Morgan fingerprint density at radius 3 is 2.40 bits per heavy atom. The Labute approximate surface area is 182 Å². The van der Waals surface area contributed by atoms with E-state index in [-0.39, 0.29) is 11.7 Å². The molecule has 3 rings (SSSR count). The smallest absolute Gasteiger partial charge is 0.316 e. The highest BCUT2D eigenvalue weighted by molar-refractivity contribution is 7.99. The van der Waals surface area contributed by atoms with Crippen LogP contribution in [-0.2, 0) is 9.53 Å². The van der Waals surface area contributed by atoms with Crippen LogP contribution in [0.3, 0.4) is 0 Å². The van der Waals surface area contributed by atoms with E-state index in [1.54, 1.807) is 18.5 Å². The van der Waals surface area contributed by atoms with Gasteiger partial charge in [-0.25, -0.2) is 9.97 Å². The molecule has 0 spiro atoms. The maximum absolute atomic E-state index is 11.9. The minimum atomic E-state index is -0.277. The summed E-state index contributed by atoms with van der Waals surface area (Å²) in [6.45, 7) is 4.98. The minimum absolute atomic E-state index is 0.173. The van der Waals surface area contributed by atoms with Crippen LogP contribution in [0.5, 0.6) is 5.75 Å². The van der Waals surface area contributed by atoms with Crippen molar-refractivity contribution in [1.29, 1.82) is 0 Å². The summed E-state index contributed by atoms with van der Waals surface area (Å²) in [6.07, 6.45) is 4.96. The molecule has 0 saturated carbocycles. The average molecular weight is 426 g/mol. The van der Waals surface area contributed by atoms with Crippen LogP contribution in [0, 0.1) is 0 Å². The molecule has 6 nitrogen and oxygen atoms in total. The first kappa shape index (κ1) is 23.3. The number of esters is 1. The predicted molar refractivity (Wildman–Crippen MR) is 119 cm³/mol. The zero-order valence-electron chi connectivity index (χ0n) is 17.4. The van der Waals surface area contributed by atoms with Crippen LogP contribution in [0.15, 0.2) is 72.1 Å². The third kappa shape index (κ3) is 8.61. The number of para-hydroxylation sites is 1. The molecule has 0 bridgehead atoms. The van der Waals surface area contributed by atoms with Gasteiger partial charge in [0.05, 0.1) is 30.4 Å². The summed E-state index contributed by atoms with van der Waals surface area (Å²) in [6, 6.07) is 17.1. The SMILES string of the molecule is CC.O=C(CSc1nccc(-c2ccccn2)n1)OCCCCOc1ccccc1. The molecule has 0 unspecified atom stereocenters. The van der Waals surface area contributed by atoms with E-state index in [9.17, 15) is 4.79 Å². The third-order valence-corrected chi connectivity index (χ3v) is 4.53. The normalized spacial score (nSPS) is 9.93. The van der Waals surface area contributed by atoms with Crippen LogP contribution in [0.1, 0.15) is 26.7 Å². The molecule has 30 heavy (non-hydrogen) atoms. The molecule has 2 aromatic heterocycles. The Morgan fingerprint density at radius 1 is 0.867 bits per heavy atom. The quantitative estimate of drug-likeness (QED) is 0.194. The molecular weight excluding hydrogens is 398 g/mol. The second kappa shape index (κ2) is 14.1. The lowest BCUT2D eigenvalue weighted by molar-refractivity contribution is -0.140. The van der Waals surface area contributed by atoms with Crippen LogP contribution >= 0.6 is 11.8 Å². The highest BCUT2D eigenvalue weighted by Crippen LogP contribution is 2.18. The molecule has 0 N–H and O–H groups in total. The van der Waals surface area contributed by atoms with Gasteiger partial charge in [-0.05, 0) is 43.2 Å². The Bertz CT molecular complexity index is 864. The van der Waals surface area contributed by atoms with Gasteiger partial charge in [-0.3, -0.25) is 9.78 Å². The fourth-order valence-electron chi connectivity index (χ4n) is 2.33. The summed E-state index contributed by atoms with van der Waals surface area (Å²) in [5.74, 6) is 0.747. The molecule has 2 heterocycles. The Hall–Kier alpha value is -2.93. The van der Waals surface area contributed by atoms with Crippen molar-refractivity contribution in [2.75, 3.05) is 19.0 Å². The van der Waals surface area contributed by atoms with Crippen molar-refractivity contribution in [3.8, 4) is 17.1 Å². The lowest BCUT2D eigenvalue weighted by Gasteiger charge is -2.07. The highest BCUT2D eigenvalue weighted by Gasteiger charge is 2.08. The molecule has 7 heteroatoms. The first-order valence-corrected chi connectivity index (χ1v) is 11.0. The molecule has 3 aromatic rings. The molecule has 0 saturated heterocycles. The monoisotopic (exact) mass is 425 g/mol. The van der Waals surface area contributed by atoms with E-state index in [0.717, 1.165) is 30.0 Å². The van der Waals surface area contributed by atoms with E-state index in [0.29, 0.717) is 18.4 Å². The number of benzene rings is 1. The molecule has 0 aliphatic carbocycles. The summed E-state index contributed by atoms with van der Waals surface area (Å²) >= 11 is 1.25. The lowest BCUT2D eigenvalue weighted by Crippen LogP contribution is -2.10. The molecule has 0 fully saturated rings. The van der Waals surface area contributed by atoms with Crippen LogP contribution in [-0.4, -0.2) is 39.9 Å². The molecule has 1 aromatic carbocycles. The first-order valence-electron chi connectivity index (χ1n) is 10.0. The highest BCUT2D eigenvalue weighted by atomic mass is 32.2. The van der Waals surface area contributed by atoms with E-state index in [1.165, 1.54) is 11.8 Å². The standard InChI is InChI=1S/C21H21N3O3S.C2H6/c25-20(27-15-7-6-14-26-17-8-2-1-3-9-17)16-28-21-23-13-11-19(24-21)18-10-4-5-12-22-18;1-2/h1-5,8-13H,6-7,14-16H2;1-2H3. The molecule has 0 aliphatic heterocycles. The maximum atomic E-state index is 11.9. The van der Waals surface area contributed by atoms with Gasteiger partial charge in [-0.15, -0.1) is 0 Å². The number of hydrogen-bond donors (Lipinski definition) is 0. The van der Waals surface area contributed by atoms with Gasteiger partial charge >= 0.3 is 5.97 Å². The molecular formula is C23H27N3O3S. The first-order chi connectivity index (χ1) is 14.8. The van der Waals surface area contributed by atoms with Crippen LogP contribution in [0.25, 0.3) is 11.4 Å². The van der Waals surface area contributed by atoms with Crippen LogP contribution < -0.4 is 4.74 Å². The molecule has 0 amide bonds. The predicted octanol–water partition coefficient (Wildman–Crippen LogP) is 5.06. The fraction of sp³-hybridized carbons (Fsp3) is 0.304. The van der Waals surface area contributed by atoms with E-state index in [2.05, 4.69) is 15.0 Å². The number of thioether (sulfide) groups is 1. The topological polar surface area (TPSA) is 74.2 Å². The van der Waals surface area contributed by atoms with Crippen molar-refractivity contribution in [2.24, 2.45) is 0 Å². The van der Waals surface area contributed by atoms with Gasteiger partial charge in [0, 0.05) is 12.4 Å². The number of unbranched alkanes of at least 4 members (excludes halogenated alkanes) is 1. The summed E-state index contributed by atoms with van der Waals surface area (Å²) in [5.41, 5.74) is 1.50. The van der Waals surface area contributed by atoms with Crippen molar-refractivity contribution in [2.45, 2.75) is 31.8 Å². The van der Waals surface area contributed by atoms with E-state index in [1.807, 2.05) is 62.4 Å². The maximum Gasteiger partial charge on any atom is 0.316 e. The summed E-state index contributed by atoms with van der Waals surface area (Å²) < 4.78 is 10.8. The zero-order valence-corrected chi connectivity index (χ0v) is 18.2. The van der Waals surface area contributed by atoms with Crippen molar-refractivity contribution in [1.82, 2.24) is 15.0 Å². The summed E-state index contributed by atoms with van der Waals surface area (Å²) in [7, 11) is 0. The average Bonchev–Trinajstić information content (AvgIpc) is 2.83. The van der Waals surface area contributed by atoms with E-state index in [4.69, 9.17) is 9.47 Å². The van der Waals surface area contributed by atoms with Crippen molar-refractivity contribution in [3.63, 3.8) is 0 Å². The number of carbonyl (C=O) groups excluding carboxylic acids is 1. The number of hydrogen-bond acceptors (Lipinski definition) is 7. The number of pyridine rings is 1. The largest absolute Gasteiger partial charge is 0.494 e. The molecule has 158 valence electrons. The summed E-state index contributed by atoms with van der Waals surface area (Å²) in [5, 5.41) is 0.524. The van der Waals surface area contributed by atoms with E-state index < -0.39 is 0 Å². The third-order valence-electron chi connectivity index (χ3n) is 3.69. The second-order valence-corrected chi connectivity index (χ2v) is 6.76. The number of carbonyl (C=O) groups is 1. The Balaban J connectivity index is 0.00000155. The fourth-order valence-corrected chi connectivity index (χ4v) is 2.96. The zero-order chi connectivity index (χ0) is 21.4. The number of nitrogens with zero attached hydrogens (tertiary/aromatic N) is 3. The van der Waals surface area contributed by atoms with Gasteiger partial charge < -0.3 is 9.47 Å². The van der Waals surface area contributed by atoms with Crippen molar-refractivity contribution in [3.05, 3.63) is 67.0 Å². The van der Waals surface area contributed by atoms with Gasteiger partial charge in [0.25, 0.3) is 0 Å². The Kier molecular flexibility index (Phi) is 11.0. The molecule has 0 atom stereocenters. The number of ether oxygens (including phenoxy) is 2. The van der Waals surface area contributed by atoms with Gasteiger partial charge in [0.15, 0.2) is 5.16 Å². The van der Waals surface area contributed by atoms with Gasteiger partial charge in [-0.1, -0.05) is 49.9 Å². The Morgan fingerprint density at radius 2 is 1.63 bits per heavy atom.